The van der Waals surface area contributed by atoms with Crippen LogP contribution in [0.3, 0.4) is 0 Å². The lowest BCUT2D eigenvalue weighted by Gasteiger charge is -2.16. The molecule has 1 aromatic heterocycles. The smallest absolute Gasteiger partial charge is 0.0557 e. The molecule has 0 saturated carbocycles. The maximum Gasteiger partial charge on any atom is 0.0557 e. The molecule has 19 heavy (non-hydrogen) atoms. The molecule has 3 rings (SSSR count). The zero-order valence-electron chi connectivity index (χ0n) is 11.7. The summed E-state index contributed by atoms with van der Waals surface area (Å²) in [5, 5.41) is 1.35. The van der Waals surface area contributed by atoms with Gasteiger partial charge in [0.2, 0.25) is 0 Å². The molecule has 0 aliphatic heterocycles. The molecule has 1 heterocycles. The molecular weight excluding hydrogens is 230 g/mol. The monoisotopic (exact) mass is 249 g/mol. The van der Waals surface area contributed by atoms with Gasteiger partial charge in [-0.05, 0) is 38.0 Å². The van der Waals surface area contributed by atoms with E-state index in [0.717, 1.165) is 0 Å². The van der Waals surface area contributed by atoms with Crippen molar-refractivity contribution in [2.24, 2.45) is 0 Å². The van der Waals surface area contributed by atoms with Crippen LogP contribution in [0.2, 0.25) is 0 Å². The Morgan fingerprint density at radius 2 is 1.58 bits per heavy atom. The standard InChI is InChI=1S/C18H19N/c1-13-8-10-16(11-9-13)15(3)19-12-14(2)17-6-4-5-7-18(17)19/h4-12,15H,1-3H3. The summed E-state index contributed by atoms with van der Waals surface area (Å²) in [6.07, 6.45) is 2.26. The third-order valence-electron chi connectivity index (χ3n) is 3.92. The lowest BCUT2D eigenvalue weighted by atomic mass is 10.1. The molecule has 0 aliphatic carbocycles. The summed E-state index contributed by atoms with van der Waals surface area (Å²) in [4.78, 5) is 0. The van der Waals surface area contributed by atoms with Gasteiger partial charge in [0.15, 0.2) is 0 Å². The molecule has 0 bridgehead atoms. The number of hydrogen-bond acceptors (Lipinski definition) is 0. The maximum absolute atomic E-state index is 2.37. The van der Waals surface area contributed by atoms with Crippen LogP contribution in [0.25, 0.3) is 10.9 Å². The summed E-state index contributed by atoms with van der Waals surface area (Å²) in [5.41, 5.74) is 5.32. The van der Waals surface area contributed by atoms with E-state index in [2.05, 4.69) is 80.1 Å². The molecule has 0 amide bonds. The van der Waals surface area contributed by atoms with Gasteiger partial charge >= 0.3 is 0 Å². The summed E-state index contributed by atoms with van der Waals surface area (Å²) < 4.78 is 2.37. The Balaban J connectivity index is 2.11. The third kappa shape index (κ3) is 2.06. The van der Waals surface area contributed by atoms with E-state index < -0.39 is 0 Å². The van der Waals surface area contributed by atoms with Crippen LogP contribution >= 0.6 is 0 Å². The molecule has 0 N–H and O–H groups in total. The molecule has 96 valence electrons. The fourth-order valence-electron chi connectivity index (χ4n) is 2.71. The van der Waals surface area contributed by atoms with Crippen molar-refractivity contribution in [2.75, 3.05) is 0 Å². The van der Waals surface area contributed by atoms with Crippen molar-refractivity contribution in [3.8, 4) is 0 Å². The van der Waals surface area contributed by atoms with E-state index in [0.29, 0.717) is 6.04 Å². The van der Waals surface area contributed by atoms with Crippen molar-refractivity contribution in [1.29, 1.82) is 0 Å². The molecule has 0 aliphatic rings. The van der Waals surface area contributed by atoms with Crippen LogP contribution in [0.15, 0.2) is 54.7 Å². The van der Waals surface area contributed by atoms with Crippen molar-refractivity contribution < 1.29 is 0 Å². The van der Waals surface area contributed by atoms with Gasteiger partial charge in [-0.1, -0.05) is 48.0 Å². The van der Waals surface area contributed by atoms with Crippen molar-refractivity contribution in [3.05, 3.63) is 71.4 Å². The van der Waals surface area contributed by atoms with Gasteiger partial charge in [-0.15, -0.1) is 0 Å². The lowest BCUT2D eigenvalue weighted by Crippen LogP contribution is -2.05. The molecule has 0 radical (unpaired) electrons. The molecule has 1 nitrogen and oxygen atoms in total. The van der Waals surface area contributed by atoms with Gasteiger partial charge in [-0.25, -0.2) is 0 Å². The second-order valence-electron chi connectivity index (χ2n) is 5.32. The SMILES string of the molecule is Cc1ccc(C(C)n2cc(C)c3ccccc32)cc1. The predicted octanol–water partition coefficient (Wildman–Crippen LogP) is 4.87. The molecule has 0 spiro atoms. The van der Waals surface area contributed by atoms with Crippen LogP contribution in [-0.2, 0) is 0 Å². The number of fused-ring (bicyclic) bond motifs is 1. The molecule has 1 unspecified atom stereocenters. The van der Waals surface area contributed by atoms with Gasteiger partial charge in [0.05, 0.1) is 6.04 Å². The van der Waals surface area contributed by atoms with E-state index >= 15 is 0 Å². The van der Waals surface area contributed by atoms with Crippen molar-refractivity contribution in [3.63, 3.8) is 0 Å². The molecule has 0 fully saturated rings. The Morgan fingerprint density at radius 1 is 0.895 bits per heavy atom. The summed E-state index contributed by atoms with van der Waals surface area (Å²) >= 11 is 0. The first-order chi connectivity index (χ1) is 9.16. The summed E-state index contributed by atoms with van der Waals surface area (Å²) in [7, 11) is 0. The minimum absolute atomic E-state index is 0.360. The highest BCUT2D eigenvalue weighted by molar-refractivity contribution is 5.83. The number of nitrogens with zero attached hydrogens (tertiary/aromatic N) is 1. The minimum Gasteiger partial charge on any atom is -0.340 e. The van der Waals surface area contributed by atoms with E-state index in [4.69, 9.17) is 0 Å². The first-order valence-corrected chi connectivity index (χ1v) is 6.79. The highest BCUT2D eigenvalue weighted by Gasteiger charge is 2.12. The predicted molar refractivity (Wildman–Crippen MR) is 81.7 cm³/mol. The Kier molecular flexibility index (Phi) is 2.90. The van der Waals surface area contributed by atoms with Crippen molar-refractivity contribution >= 4 is 10.9 Å². The average Bonchev–Trinajstić information content (AvgIpc) is 2.77. The number of aromatic nitrogens is 1. The Morgan fingerprint density at radius 3 is 2.32 bits per heavy atom. The first-order valence-electron chi connectivity index (χ1n) is 6.79. The fraction of sp³-hybridized carbons (Fsp3) is 0.222. The van der Waals surface area contributed by atoms with Crippen LogP contribution < -0.4 is 0 Å². The van der Waals surface area contributed by atoms with Crippen LogP contribution in [-0.4, -0.2) is 4.57 Å². The van der Waals surface area contributed by atoms with Crippen molar-refractivity contribution in [2.45, 2.75) is 26.8 Å². The van der Waals surface area contributed by atoms with E-state index in [-0.39, 0.29) is 0 Å². The Labute approximate surface area is 114 Å². The fourth-order valence-corrected chi connectivity index (χ4v) is 2.71. The number of benzene rings is 2. The lowest BCUT2D eigenvalue weighted by molar-refractivity contribution is 0.662. The number of rotatable bonds is 2. The Hall–Kier alpha value is -2.02. The summed E-state index contributed by atoms with van der Waals surface area (Å²) in [6.45, 7) is 6.57. The van der Waals surface area contributed by atoms with E-state index in [1.807, 2.05) is 0 Å². The third-order valence-corrected chi connectivity index (χ3v) is 3.92. The number of aryl methyl sites for hydroxylation is 2. The molecule has 2 aromatic carbocycles. The number of hydrogen-bond donors (Lipinski definition) is 0. The topological polar surface area (TPSA) is 4.93 Å². The van der Waals surface area contributed by atoms with Gasteiger partial charge in [0.1, 0.15) is 0 Å². The van der Waals surface area contributed by atoms with Crippen LogP contribution in [0.4, 0.5) is 0 Å². The van der Waals surface area contributed by atoms with E-state index in [1.54, 1.807) is 0 Å². The highest BCUT2D eigenvalue weighted by Crippen LogP contribution is 2.27. The normalized spacial score (nSPS) is 12.8. The zero-order valence-corrected chi connectivity index (χ0v) is 11.7. The van der Waals surface area contributed by atoms with Gasteiger partial charge < -0.3 is 4.57 Å². The second kappa shape index (κ2) is 4.58. The van der Waals surface area contributed by atoms with E-state index in [1.165, 1.54) is 27.6 Å². The zero-order chi connectivity index (χ0) is 13.4. The summed E-state index contributed by atoms with van der Waals surface area (Å²) in [6, 6.07) is 17.8. The maximum atomic E-state index is 2.37. The van der Waals surface area contributed by atoms with Gasteiger partial charge in [0, 0.05) is 17.1 Å². The quantitative estimate of drug-likeness (QED) is 0.610. The first kappa shape index (κ1) is 12.0. The van der Waals surface area contributed by atoms with Crippen LogP contribution in [0.5, 0.6) is 0 Å². The van der Waals surface area contributed by atoms with Crippen LogP contribution in [0, 0.1) is 13.8 Å². The largest absolute Gasteiger partial charge is 0.340 e. The molecule has 3 aromatic rings. The van der Waals surface area contributed by atoms with E-state index in [9.17, 15) is 0 Å². The summed E-state index contributed by atoms with van der Waals surface area (Å²) in [5.74, 6) is 0. The molecule has 1 heteroatoms. The number of para-hydroxylation sites is 1. The molecule has 1 atom stereocenters. The van der Waals surface area contributed by atoms with Crippen LogP contribution in [0.1, 0.15) is 29.7 Å². The Bertz CT molecular complexity index is 704. The molecular formula is C18H19N. The van der Waals surface area contributed by atoms with Gasteiger partial charge in [0.25, 0.3) is 0 Å². The van der Waals surface area contributed by atoms with Gasteiger partial charge in [-0.2, -0.15) is 0 Å². The highest BCUT2D eigenvalue weighted by atomic mass is 15.0. The van der Waals surface area contributed by atoms with Gasteiger partial charge in [-0.3, -0.25) is 0 Å². The minimum atomic E-state index is 0.360. The van der Waals surface area contributed by atoms with Crippen molar-refractivity contribution in [1.82, 2.24) is 4.57 Å². The second-order valence-corrected chi connectivity index (χ2v) is 5.32. The molecule has 0 saturated heterocycles. The average molecular weight is 249 g/mol.